The summed E-state index contributed by atoms with van der Waals surface area (Å²) in [6, 6.07) is 16.8. The number of hydrogen-bond donors (Lipinski definition) is 0. The van der Waals surface area contributed by atoms with Crippen molar-refractivity contribution in [3.63, 3.8) is 0 Å². The number of para-hydroxylation sites is 1. The van der Waals surface area contributed by atoms with Gasteiger partial charge in [0.1, 0.15) is 17.7 Å². The molecule has 25 heavy (non-hydrogen) atoms. The lowest BCUT2D eigenvalue weighted by Gasteiger charge is -2.00. The molecule has 0 radical (unpaired) electrons. The van der Waals surface area contributed by atoms with Crippen molar-refractivity contribution in [3.05, 3.63) is 72.7 Å². The van der Waals surface area contributed by atoms with E-state index in [2.05, 4.69) is 61.6 Å². The number of nitrogens with zero attached hydrogens (tertiary/aromatic N) is 4. The van der Waals surface area contributed by atoms with Crippen LogP contribution in [-0.2, 0) is 6.54 Å². The van der Waals surface area contributed by atoms with Crippen molar-refractivity contribution in [2.45, 2.75) is 6.54 Å². The number of thiazole rings is 1. The van der Waals surface area contributed by atoms with Gasteiger partial charge >= 0.3 is 5.65 Å². The highest BCUT2D eigenvalue weighted by atomic mass is 32.1. The second kappa shape index (κ2) is 4.74. The van der Waals surface area contributed by atoms with E-state index in [1.165, 1.54) is 26.5 Å². The largest absolute Gasteiger partial charge is 0.308 e. The van der Waals surface area contributed by atoms with Crippen LogP contribution < -0.4 is 4.57 Å². The Balaban J connectivity index is 1.79. The fourth-order valence-electron chi connectivity index (χ4n) is 3.78. The third-order valence-electron chi connectivity index (χ3n) is 4.83. The maximum atomic E-state index is 4.69. The Morgan fingerprint density at radius 3 is 2.84 bits per heavy atom. The lowest BCUT2D eigenvalue weighted by Crippen LogP contribution is -2.32. The first-order valence-corrected chi connectivity index (χ1v) is 9.04. The summed E-state index contributed by atoms with van der Waals surface area (Å²) in [5.41, 5.74) is 7.19. The smallest absolute Gasteiger partial charge is 0.264 e. The summed E-state index contributed by atoms with van der Waals surface area (Å²) in [5.74, 6) is 0. The highest BCUT2D eigenvalue weighted by molar-refractivity contribution is 7.22. The SMILES string of the molecule is c1ccc(-n2c3cccnc3c3sc4[n+](c32)Cc2cnccc2-4)cc1. The molecule has 5 aromatic rings. The van der Waals surface area contributed by atoms with Crippen LogP contribution in [0.3, 0.4) is 0 Å². The molecule has 1 aromatic carbocycles. The molecule has 0 saturated carbocycles. The molecule has 0 N–H and O–H groups in total. The Morgan fingerprint density at radius 2 is 1.92 bits per heavy atom. The van der Waals surface area contributed by atoms with Crippen molar-refractivity contribution in [2.24, 2.45) is 0 Å². The topological polar surface area (TPSA) is 34.6 Å². The number of pyridine rings is 2. The molecule has 0 bridgehead atoms. The molecule has 5 heteroatoms. The van der Waals surface area contributed by atoms with E-state index < -0.39 is 0 Å². The Kier molecular flexibility index (Phi) is 2.51. The van der Waals surface area contributed by atoms with Gasteiger partial charge in [0.15, 0.2) is 15.2 Å². The van der Waals surface area contributed by atoms with Crippen molar-refractivity contribution in [1.82, 2.24) is 14.5 Å². The molecule has 6 rings (SSSR count). The summed E-state index contributed by atoms with van der Waals surface area (Å²) in [6.07, 6.45) is 5.74. The number of benzene rings is 1. The third-order valence-corrected chi connectivity index (χ3v) is 6.05. The zero-order valence-corrected chi connectivity index (χ0v) is 14.1. The molecular formula is C20H13N4S+. The first kappa shape index (κ1) is 13.3. The Hall–Kier alpha value is -3.05. The van der Waals surface area contributed by atoms with Crippen molar-refractivity contribution in [2.75, 3.05) is 0 Å². The Bertz CT molecular complexity index is 1270. The highest BCUT2D eigenvalue weighted by Gasteiger charge is 2.34. The Morgan fingerprint density at radius 1 is 1.00 bits per heavy atom. The van der Waals surface area contributed by atoms with Gasteiger partial charge in [0.2, 0.25) is 0 Å². The predicted molar refractivity (Wildman–Crippen MR) is 99.0 cm³/mol. The normalized spacial score (nSPS) is 12.6. The highest BCUT2D eigenvalue weighted by Crippen LogP contribution is 2.40. The lowest BCUT2D eigenvalue weighted by molar-refractivity contribution is -0.644. The van der Waals surface area contributed by atoms with Crippen molar-refractivity contribution in [3.8, 4) is 16.3 Å². The van der Waals surface area contributed by atoms with Gasteiger partial charge in [0.05, 0.1) is 0 Å². The maximum absolute atomic E-state index is 4.69. The van der Waals surface area contributed by atoms with E-state index in [1.54, 1.807) is 0 Å². The molecular weight excluding hydrogens is 328 g/mol. The second-order valence-electron chi connectivity index (χ2n) is 6.22. The predicted octanol–water partition coefficient (Wildman–Crippen LogP) is 3.95. The average Bonchev–Trinajstić information content (AvgIpc) is 3.30. The van der Waals surface area contributed by atoms with Crippen LogP contribution in [0.2, 0.25) is 0 Å². The second-order valence-corrected chi connectivity index (χ2v) is 7.22. The van der Waals surface area contributed by atoms with Crippen molar-refractivity contribution >= 4 is 32.7 Å². The van der Waals surface area contributed by atoms with Crippen molar-refractivity contribution in [1.29, 1.82) is 0 Å². The molecule has 118 valence electrons. The van der Waals surface area contributed by atoms with Gasteiger partial charge in [-0.25, -0.2) is 4.57 Å². The summed E-state index contributed by atoms with van der Waals surface area (Å²) >= 11 is 1.83. The molecule has 0 saturated heterocycles. The average molecular weight is 341 g/mol. The van der Waals surface area contributed by atoms with E-state index in [0.717, 1.165) is 23.3 Å². The molecule has 0 atom stereocenters. The first-order chi connectivity index (χ1) is 12.4. The van der Waals surface area contributed by atoms with E-state index in [4.69, 9.17) is 0 Å². The summed E-state index contributed by atoms with van der Waals surface area (Å²) in [7, 11) is 0. The number of aromatic nitrogens is 4. The van der Waals surface area contributed by atoms with E-state index >= 15 is 0 Å². The van der Waals surface area contributed by atoms with E-state index in [1.807, 2.05) is 36.0 Å². The van der Waals surface area contributed by atoms with Gasteiger partial charge in [-0.2, -0.15) is 4.57 Å². The Labute approximate surface area is 147 Å². The molecule has 5 heterocycles. The molecule has 0 fully saturated rings. The third kappa shape index (κ3) is 1.68. The van der Waals surface area contributed by atoms with Crippen molar-refractivity contribution < 1.29 is 4.57 Å². The molecule has 0 amide bonds. The van der Waals surface area contributed by atoms with E-state index in [0.29, 0.717) is 0 Å². The van der Waals surface area contributed by atoms with Crippen LogP contribution >= 0.6 is 11.3 Å². The zero-order chi connectivity index (χ0) is 16.4. The summed E-state index contributed by atoms with van der Waals surface area (Å²) in [4.78, 5) is 8.98. The lowest BCUT2D eigenvalue weighted by atomic mass is 10.2. The molecule has 4 nitrogen and oxygen atoms in total. The molecule has 0 unspecified atom stereocenters. The summed E-state index contributed by atoms with van der Waals surface area (Å²) in [6.45, 7) is 0.863. The van der Waals surface area contributed by atoms with Crippen LogP contribution in [0.15, 0.2) is 67.1 Å². The fraction of sp³-hybridized carbons (Fsp3) is 0.0500. The van der Waals surface area contributed by atoms with Crippen LogP contribution in [0.5, 0.6) is 0 Å². The molecule has 0 aliphatic carbocycles. The number of rotatable bonds is 1. The first-order valence-electron chi connectivity index (χ1n) is 8.22. The van der Waals surface area contributed by atoms with E-state index in [-0.39, 0.29) is 0 Å². The zero-order valence-electron chi connectivity index (χ0n) is 13.3. The molecule has 0 spiro atoms. The number of hydrogen-bond acceptors (Lipinski definition) is 3. The van der Waals surface area contributed by atoms with Crippen LogP contribution in [0.4, 0.5) is 0 Å². The van der Waals surface area contributed by atoms with Gasteiger partial charge in [0.25, 0.3) is 0 Å². The van der Waals surface area contributed by atoms with Gasteiger partial charge in [-0.15, -0.1) is 0 Å². The fourth-order valence-corrected chi connectivity index (χ4v) is 5.09. The van der Waals surface area contributed by atoms with Gasteiger partial charge in [-0.1, -0.05) is 29.5 Å². The number of fused-ring (bicyclic) bond motifs is 7. The van der Waals surface area contributed by atoms with Gasteiger partial charge < -0.3 is 0 Å². The monoisotopic (exact) mass is 341 g/mol. The van der Waals surface area contributed by atoms with E-state index in [9.17, 15) is 0 Å². The van der Waals surface area contributed by atoms with Crippen LogP contribution in [0.25, 0.3) is 37.6 Å². The van der Waals surface area contributed by atoms with Gasteiger partial charge in [-0.3, -0.25) is 9.97 Å². The van der Waals surface area contributed by atoms with Gasteiger partial charge in [0, 0.05) is 29.7 Å². The standard InChI is InChI=1S/C20H13N4S/c1-2-5-14(6-3-1)24-16-7-4-9-22-17(16)18-19(24)23-12-13-11-21-10-8-15(13)20(23)25-18/h1-11H,12H2/q+1. The minimum Gasteiger partial charge on any atom is -0.264 e. The maximum Gasteiger partial charge on any atom is 0.308 e. The summed E-state index contributed by atoms with van der Waals surface area (Å²) < 4.78 is 5.98. The molecule has 4 aromatic heterocycles. The minimum atomic E-state index is 0.863. The van der Waals surface area contributed by atoms with Crippen LogP contribution in [-0.4, -0.2) is 14.5 Å². The minimum absolute atomic E-state index is 0.863. The molecule has 1 aliphatic rings. The van der Waals surface area contributed by atoms with Crippen LogP contribution in [0, 0.1) is 0 Å². The van der Waals surface area contributed by atoms with Gasteiger partial charge in [-0.05, 0) is 30.3 Å². The quantitative estimate of drug-likeness (QED) is 0.424. The van der Waals surface area contributed by atoms with Crippen LogP contribution in [0.1, 0.15) is 5.56 Å². The molecule has 1 aliphatic heterocycles. The summed E-state index contributed by atoms with van der Waals surface area (Å²) in [5, 5.41) is 1.29.